The van der Waals surface area contributed by atoms with Crippen LogP contribution in [0.4, 0.5) is 0 Å². The molecular weight excluding hydrogens is 286 g/mol. The number of imidazole rings is 1. The highest BCUT2D eigenvalue weighted by Crippen LogP contribution is 2.11. The van der Waals surface area contributed by atoms with E-state index in [0.29, 0.717) is 12.1 Å². The standard InChI is InChI=1S/C19H19N3O/c1-14-9-15(2)11-16(10-14)12-21-19(23)17-3-5-18(6-4-17)22-8-7-20-13-22/h3-11,13H,12H2,1-2H3,(H,21,23). The van der Waals surface area contributed by atoms with Crippen molar-refractivity contribution in [3.8, 4) is 5.69 Å². The van der Waals surface area contributed by atoms with Crippen molar-refractivity contribution < 1.29 is 4.79 Å². The molecule has 1 amide bonds. The van der Waals surface area contributed by atoms with Crippen molar-refractivity contribution in [1.29, 1.82) is 0 Å². The van der Waals surface area contributed by atoms with Gasteiger partial charge in [-0.1, -0.05) is 29.3 Å². The molecule has 0 atom stereocenters. The zero-order valence-electron chi connectivity index (χ0n) is 13.3. The minimum atomic E-state index is -0.0682. The summed E-state index contributed by atoms with van der Waals surface area (Å²) >= 11 is 0. The Kier molecular flexibility index (Phi) is 4.24. The molecule has 0 unspecified atom stereocenters. The van der Waals surface area contributed by atoms with Crippen molar-refractivity contribution in [1.82, 2.24) is 14.9 Å². The van der Waals surface area contributed by atoms with Crippen molar-refractivity contribution >= 4 is 5.91 Å². The fourth-order valence-corrected chi connectivity index (χ4v) is 2.65. The van der Waals surface area contributed by atoms with E-state index in [1.165, 1.54) is 11.1 Å². The molecule has 4 heteroatoms. The van der Waals surface area contributed by atoms with Crippen molar-refractivity contribution in [2.24, 2.45) is 0 Å². The van der Waals surface area contributed by atoms with Crippen LogP contribution in [0.3, 0.4) is 0 Å². The Morgan fingerprint density at radius 2 is 1.78 bits per heavy atom. The number of nitrogens with one attached hydrogen (secondary N) is 1. The number of benzene rings is 2. The number of carbonyl (C=O) groups excluding carboxylic acids is 1. The van der Waals surface area contributed by atoms with E-state index < -0.39 is 0 Å². The molecule has 1 aromatic heterocycles. The first-order valence-corrected chi connectivity index (χ1v) is 7.55. The Balaban J connectivity index is 1.66. The topological polar surface area (TPSA) is 46.9 Å². The van der Waals surface area contributed by atoms with E-state index in [4.69, 9.17) is 0 Å². The first kappa shape index (κ1) is 15.0. The average Bonchev–Trinajstić information content (AvgIpc) is 3.06. The maximum absolute atomic E-state index is 12.3. The number of hydrogen-bond acceptors (Lipinski definition) is 2. The van der Waals surface area contributed by atoms with E-state index in [9.17, 15) is 4.79 Å². The van der Waals surface area contributed by atoms with Crippen LogP contribution in [0.2, 0.25) is 0 Å². The smallest absolute Gasteiger partial charge is 0.251 e. The molecule has 0 radical (unpaired) electrons. The minimum Gasteiger partial charge on any atom is -0.348 e. The SMILES string of the molecule is Cc1cc(C)cc(CNC(=O)c2ccc(-n3ccnc3)cc2)c1. The lowest BCUT2D eigenvalue weighted by molar-refractivity contribution is 0.0951. The summed E-state index contributed by atoms with van der Waals surface area (Å²) in [5.74, 6) is -0.0682. The first-order valence-electron chi connectivity index (χ1n) is 7.55. The van der Waals surface area contributed by atoms with Crippen LogP contribution in [0.25, 0.3) is 5.69 Å². The summed E-state index contributed by atoms with van der Waals surface area (Å²) < 4.78 is 1.90. The number of aryl methyl sites for hydroxylation is 2. The van der Waals surface area contributed by atoms with Crippen LogP contribution in [-0.2, 0) is 6.54 Å². The summed E-state index contributed by atoms with van der Waals surface area (Å²) in [6.45, 7) is 4.66. The molecule has 3 aromatic rings. The first-order chi connectivity index (χ1) is 11.1. The highest BCUT2D eigenvalue weighted by atomic mass is 16.1. The molecule has 0 saturated carbocycles. The lowest BCUT2D eigenvalue weighted by Crippen LogP contribution is -2.22. The molecule has 2 aromatic carbocycles. The summed E-state index contributed by atoms with van der Waals surface area (Å²) in [4.78, 5) is 16.3. The number of carbonyl (C=O) groups is 1. The fourth-order valence-electron chi connectivity index (χ4n) is 2.65. The zero-order valence-corrected chi connectivity index (χ0v) is 13.3. The summed E-state index contributed by atoms with van der Waals surface area (Å²) in [6.07, 6.45) is 5.33. The van der Waals surface area contributed by atoms with Crippen LogP contribution in [0.1, 0.15) is 27.0 Å². The molecule has 0 fully saturated rings. The van der Waals surface area contributed by atoms with Crippen LogP contribution in [0.15, 0.2) is 61.2 Å². The van der Waals surface area contributed by atoms with Crippen molar-refractivity contribution in [3.05, 3.63) is 83.4 Å². The summed E-state index contributed by atoms with van der Waals surface area (Å²) in [5.41, 5.74) is 5.16. The monoisotopic (exact) mass is 305 g/mol. The highest BCUT2D eigenvalue weighted by molar-refractivity contribution is 5.94. The fraction of sp³-hybridized carbons (Fsp3) is 0.158. The van der Waals surface area contributed by atoms with Crippen LogP contribution in [-0.4, -0.2) is 15.5 Å². The predicted octanol–water partition coefficient (Wildman–Crippen LogP) is 3.42. The second-order valence-electron chi connectivity index (χ2n) is 5.70. The number of aromatic nitrogens is 2. The van der Waals surface area contributed by atoms with Gasteiger partial charge in [-0.05, 0) is 43.7 Å². The van der Waals surface area contributed by atoms with Gasteiger partial charge in [-0.2, -0.15) is 0 Å². The summed E-state index contributed by atoms with van der Waals surface area (Å²) in [7, 11) is 0. The lowest BCUT2D eigenvalue weighted by Gasteiger charge is -2.08. The van der Waals surface area contributed by atoms with Gasteiger partial charge in [-0.3, -0.25) is 4.79 Å². The van der Waals surface area contributed by atoms with Gasteiger partial charge in [-0.25, -0.2) is 4.98 Å². The van der Waals surface area contributed by atoms with Gasteiger partial charge in [0.25, 0.3) is 5.91 Å². The molecule has 23 heavy (non-hydrogen) atoms. The third-order valence-corrected chi connectivity index (χ3v) is 3.67. The molecule has 116 valence electrons. The van der Waals surface area contributed by atoms with Crippen LogP contribution >= 0.6 is 0 Å². The van der Waals surface area contributed by atoms with Gasteiger partial charge in [0.05, 0.1) is 6.33 Å². The zero-order chi connectivity index (χ0) is 16.2. The van der Waals surface area contributed by atoms with E-state index in [1.807, 2.05) is 35.0 Å². The quantitative estimate of drug-likeness (QED) is 0.803. The van der Waals surface area contributed by atoms with Crippen molar-refractivity contribution in [2.45, 2.75) is 20.4 Å². The molecule has 0 aliphatic rings. The van der Waals surface area contributed by atoms with Gasteiger partial charge >= 0.3 is 0 Å². The highest BCUT2D eigenvalue weighted by Gasteiger charge is 2.06. The van der Waals surface area contributed by atoms with Crippen LogP contribution in [0, 0.1) is 13.8 Å². The van der Waals surface area contributed by atoms with Crippen molar-refractivity contribution in [2.75, 3.05) is 0 Å². The maximum Gasteiger partial charge on any atom is 0.251 e. The van der Waals surface area contributed by atoms with Gasteiger partial charge in [-0.15, -0.1) is 0 Å². The molecule has 0 aliphatic heterocycles. The van der Waals surface area contributed by atoms with Crippen LogP contribution in [0.5, 0.6) is 0 Å². The van der Waals surface area contributed by atoms with Gasteiger partial charge in [0, 0.05) is 30.2 Å². The average molecular weight is 305 g/mol. The minimum absolute atomic E-state index is 0.0682. The molecular formula is C19H19N3O. The summed E-state index contributed by atoms with van der Waals surface area (Å²) in [5, 5.41) is 2.97. The molecule has 0 spiro atoms. The third kappa shape index (κ3) is 3.66. The molecule has 1 N–H and O–H groups in total. The normalized spacial score (nSPS) is 10.5. The summed E-state index contributed by atoms with van der Waals surface area (Å²) in [6, 6.07) is 13.8. The van der Waals surface area contributed by atoms with E-state index in [-0.39, 0.29) is 5.91 Å². The second kappa shape index (κ2) is 6.48. The Bertz CT molecular complexity index is 785. The van der Waals surface area contributed by atoms with E-state index in [2.05, 4.69) is 42.3 Å². The molecule has 1 heterocycles. The number of amides is 1. The van der Waals surface area contributed by atoms with Gasteiger partial charge in [0.1, 0.15) is 0 Å². The second-order valence-corrected chi connectivity index (χ2v) is 5.70. The van der Waals surface area contributed by atoms with Gasteiger partial charge < -0.3 is 9.88 Å². The lowest BCUT2D eigenvalue weighted by atomic mass is 10.1. The predicted molar refractivity (Wildman–Crippen MR) is 90.7 cm³/mol. The van der Waals surface area contributed by atoms with E-state index in [0.717, 1.165) is 11.3 Å². The van der Waals surface area contributed by atoms with E-state index >= 15 is 0 Å². The number of rotatable bonds is 4. The third-order valence-electron chi connectivity index (χ3n) is 3.67. The number of nitrogens with zero attached hydrogens (tertiary/aromatic N) is 2. The molecule has 3 rings (SSSR count). The molecule has 0 bridgehead atoms. The number of hydrogen-bond donors (Lipinski definition) is 1. The van der Waals surface area contributed by atoms with Crippen molar-refractivity contribution in [3.63, 3.8) is 0 Å². The molecule has 0 aliphatic carbocycles. The Labute approximate surface area is 135 Å². The largest absolute Gasteiger partial charge is 0.348 e. The van der Waals surface area contributed by atoms with Gasteiger partial charge in [0.15, 0.2) is 0 Å². The molecule has 4 nitrogen and oxygen atoms in total. The maximum atomic E-state index is 12.3. The van der Waals surface area contributed by atoms with Crippen LogP contribution < -0.4 is 5.32 Å². The Morgan fingerprint density at radius 3 is 2.39 bits per heavy atom. The van der Waals surface area contributed by atoms with E-state index in [1.54, 1.807) is 12.5 Å². The van der Waals surface area contributed by atoms with Gasteiger partial charge in [0.2, 0.25) is 0 Å². The Hall–Kier alpha value is -2.88. The Morgan fingerprint density at radius 1 is 1.09 bits per heavy atom. The molecule has 0 saturated heterocycles.